The van der Waals surface area contributed by atoms with Crippen molar-refractivity contribution in [2.75, 3.05) is 26.2 Å². The number of piperidine rings is 1. The Bertz CT molecular complexity index is 1020. The van der Waals surface area contributed by atoms with Gasteiger partial charge < -0.3 is 25.0 Å². The number of nitrogens with zero attached hydrogens (tertiary/aromatic N) is 5. The number of piperazine rings is 1. The Morgan fingerprint density at radius 1 is 1.19 bits per heavy atom. The van der Waals surface area contributed by atoms with Crippen molar-refractivity contribution in [3.63, 3.8) is 0 Å². The van der Waals surface area contributed by atoms with E-state index < -0.39 is 23.9 Å². The van der Waals surface area contributed by atoms with Crippen molar-refractivity contribution in [2.24, 2.45) is 7.05 Å². The predicted molar refractivity (Wildman–Crippen MR) is 112 cm³/mol. The molecule has 0 saturated carbocycles. The predicted octanol–water partition coefficient (Wildman–Crippen LogP) is -0.823. The molecular weight excluding hydrogens is 414 g/mol. The Kier molecular flexibility index (Phi) is 6.15. The maximum Gasteiger partial charge on any atom is 0.274 e. The van der Waals surface area contributed by atoms with Crippen LogP contribution in [0.1, 0.15) is 33.8 Å². The highest BCUT2D eigenvalue weighted by Crippen LogP contribution is 2.17. The number of hydrogen-bond donors (Lipinski definition) is 2. The van der Waals surface area contributed by atoms with E-state index in [1.165, 1.54) is 23.5 Å². The van der Waals surface area contributed by atoms with Gasteiger partial charge in [-0.3, -0.25) is 24.2 Å². The Morgan fingerprint density at radius 3 is 2.72 bits per heavy atom. The normalized spacial score (nSPS) is 21.1. The third-order valence-electron chi connectivity index (χ3n) is 5.78. The Morgan fingerprint density at radius 2 is 2.03 bits per heavy atom. The van der Waals surface area contributed by atoms with Gasteiger partial charge in [0.15, 0.2) is 0 Å². The summed E-state index contributed by atoms with van der Waals surface area (Å²) < 4.78 is 1.71. The van der Waals surface area contributed by atoms with Crippen LogP contribution in [0.15, 0.2) is 36.9 Å². The van der Waals surface area contributed by atoms with Crippen LogP contribution in [0.2, 0.25) is 0 Å². The summed E-state index contributed by atoms with van der Waals surface area (Å²) in [5, 5.41) is 5.49. The number of carbonyl (C=O) groups excluding carboxylic acids is 4. The van der Waals surface area contributed by atoms with Crippen LogP contribution in [-0.4, -0.2) is 86.2 Å². The SMILES string of the molecule is Cn1cccc1C(=O)N1CCN(C(=O)c2cnccn2)C(C(=O)NC2CCCNC2=O)C1. The molecule has 2 saturated heterocycles. The molecule has 11 heteroatoms. The summed E-state index contributed by atoms with van der Waals surface area (Å²) in [4.78, 5) is 62.4. The molecule has 4 rings (SSSR count). The number of nitrogens with one attached hydrogen (secondary N) is 2. The fourth-order valence-corrected chi connectivity index (χ4v) is 4.01. The maximum atomic E-state index is 13.2. The first kappa shape index (κ1) is 21.5. The van der Waals surface area contributed by atoms with E-state index in [9.17, 15) is 19.2 Å². The van der Waals surface area contributed by atoms with Crippen molar-refractivity contribution in [1.29, 1.82) is 0 Å². The summed E-state index contributed by atoms with van der Waals surface area (Å²) in [5.41, 5.74) is 0.604. The quantitative estimate of drug-likeness (QED) is 0.640. The minimum absolute atomic E-state index is 0.0101. The van der Waals surface area contributed by atoms with Gasteiger partial charge >= 0.3 is 0 Å². The van der Waals surface area contributed by atoms with Gasteiger partial charge in [0.1, 0.15) is 23.5 Å². The van der Waals surface area contributed by atoms with Crippen molar-refractivity contribution in [3.05, 3.63) is 48.3 Å². The van der Waals surface area contributed by atoms with Crippen LogP contribution < -0.4 is 10.6 Å². The molecule has 2 aliphatic heterocycles. The van der Waals surface area contributed by atoms with Crippen LogP contribution in [0.3, 0.4) is 0 Å². The Balaban J connectivity index is 1.56. The molecule has 0 aliphatic carbocycles. The average Bonchev–Trinajstić information content (AvgIpc) is 3.25. The zero-order chi connectivity index (χ0) is 22.7. The number of aromatic nitrogens is 3. The highest BCUT2D eigenvalue weighted by atomic mass is 16.2. The van der Waals surface area contributed by atoms with Crippen molar-refractivity contribution >= 4 is 23.6 Å². The molecule has 2 fully saturated rings. The summed E-state index contributed by atoms with van der Waals surface area (Å²) >= 11 is 0. The Labute approximate surface area is 184 Å². The standard InChI is InChI=1S/C21H25N7O4/c1-26-9-3-5-16(26)21(32)27-10-11-28(20(31)15-12-22-7-8-23-15)17(13-27)19(30)25-14-4-2-6-24-18(14)29/h3,5,7-9,12,14,17H,2,4,6,10-11,13H2,1H3,(H,24,29)(H,25,30). The molecule has 4 amide bonds. The first-order chi connectivity index (χ1) is 15.5. The highest BCUT2D eigenvalue weighted by Gasteiger charge is 2.39. The summed E-state index contributed by atoms with van der Waals surface area (Å²) in [6, 6.07) is 1.86. The largest absolute Gasteiger partial charge is 0.354 e. The number of hydrogen-bond acceptors (Lipinski definition) is 6. The van der Waals surface area contributed by atoms with E-state index >= 15 is 0 Å². The molecule has 2 aromatic heterocycles. The molecule has 2 unspecified atom stereocenters. The summed E-state index contributed by atoms with van der Waals surface area (Å²) in [7, 11) is 1.77. The van der Waals surface area contributed by atoms with E-state index in [1.807, 2.05) is 0 Å². The number of rotatable bonds is 4. The molecule has 0 bridgehead atoms. The molecule has 0 spiro atoms. The van der Waals surface area contributed by atoms with Gasteiger partial charge in [0.05, 0.1) is 12.7 Å². The average molecular weight is 439 g/mol. The van der Waals surface area contributed by atoms with Gasteiger partial charge in [-0.25, -0.2) is 4.98 Å². The number of amides is 4. The van der Waals surface area contributed by atoms with Crippen LogP contribution in [0.4, 0.5) is 0 Å². The van der Waals surface area contributed by atoms with Crippen LogP contribution >= 0.6 is 0 Å². The van der Waals surface area contributed by atoms with Gasteiger partial charge in [0.2, 0.25) is 11.8 Å². The van der Waals surface area contributed by atoms with Crippen molar-refractivity contribution in [2.45, 2.75) is 24.9 Å². The van der Waals surface area contributed by atoms with Gasteiger partial charge in [-0.2, -0.15) is 0 Å². The molecule has 4 heterocycles. The van der Waals surface area contributed by atoms with Gasteiger partial charge in [-0.15, -0.1) is 0 Å². The number of carbonyl (C=O) groups is 4. The third-order valence-corrected chi connectivity index (χ3v) is 5.78. The lowest BCUT2D eigenvalue weighted by molar-refractivity contribution is -0.133. The topological polar surface area (TPSA) is 130 Å². The van der Waals surface area contributed by atoms with Gasteiger partial charge in [-0.1, -0.05) is 0 Å². The zero-order valence-corrected chi connectivity index (χ0v) is 17.7. The molecule has 2 N–H and O–H groups in total. The second kappa shape index (κ2) is 9.16. The lowest BCUT2D eigenvalue weighted by Gasteiger charge is -2.40. The first-order valence-corrected chi connectivity index (χ1v) is 10.5. The van der Waals surface area contributed by atoms with E-state index in [4.69, 9.17) is 0 Å². The molecule has 11 nitrogen and oxygen atoms in total. The molecule has 0 aromatic carbocycles. The van der Waals surface area contributed by atoms with Gasteiger partial charge in [0.25, 0.3) is 11.8 Å². The fraction of sp³-hybridized carbons (Fsp3) is 0.429. The number of aryl methyl sites for hydroxylation is 1. The van der Waals surface area contributed by atoms with E-state index in [-0.39, 0.29) is 37.1 Å². The molecule has 0 radical (unpaired) electrons. The van der Waals surface area contributed by atoms with Crippen molar-refractivity contribution in [1.82, 2.24) is 35.0 Å². The lowest BCUT2D eigenvalue weighted by atomic mass is 10.0. The van der Waals surface area contributed by atoms with E-state index in [2.05, 4.69) is 20.6 Å². The summed E-state index contributed by atoms with van der Waals surface area (Å²) in [5.74, 6) is -1.40. The molecule has 32 heavy (non-hydrogen) atoms. The second-order valence-electron chi connectivity index (χ2n) is 7.85. The second-order valence-corrected chi connectivity index (χ2v) is 7.85. The van der Waals surface area contributed by atoms with Gasteiger partial charge in [-0.05, 0) is 25.0 Å². The summed E-state index contributed by atoms with van der Waals surface area (Å²) in [6.45, 7) is 1.01. The first-order valence-electron chi connectivity index (χ1n) is 10.5. The minimum atomic E-state index is -0.961. The molecule has 2 aromatic rings. The van der Waals surface area contributed by atoms with Crippen molar-refractivity contribution in [3.8, 4) is 0 Å². The van der Waals surface area contributed by atoms with E-state index in [0.29, 0.717) is 18.7 Å². The molecule has 2 atom stereocenters. The van der Waals surface area contributed by atoms with E-state index in [1.54, 1.807) is 34.8 Å². The lowest BCUT2D eigenvalue weighted by Crippen LogP contribution is -2.63. The highest BCUT2D eigenvalue weighted by molar-refractivity contribution is 5.98. The summed E-state index contributed by atoms with van der Waals surface area (Å²) in [6.07, 6.45) is 7.25. The molecular formula is C21H25N7O4. The van der Waals surface area contributed by atoms with Gasteiger partial charge in [0, 0.05) is 45.3 Å². The Hall–Kier alpha value is -3.76. The van der Waals surface area contributed by atoms with Crippen LogP contribution in [0.25, 0.3) is 0 Å². The zero-order valence-electron chi connectivity index (χ0n) is 17.7. The van der Waals surface area contributed by atoms with Crippen LogP contribution in [0, 0.1) is 0 Å². The van der Waals surface area contributed by atoms with E-state index in [0.717, 1.165) is 6.42 Å². The third kappa shape index (κ3) is 4.32. The minimum Gasteiger partial charge on any atom is -0.354 e. The smallest absolute Gasteiger partial charge is 0.274 e. The van der Waals surface area contributed by atoms with Crippen LogP contribution in [-0.2, 0) is 16.6 Å². The van der Waals surface area contributed by atoms with Crippen molar-refractivity contribution < 1.29 is 19.2 Å². The fourth-order valence-electron chi connectivity index (χ4n) is 4.01. The monoisotopic (exact) mass is 439 g/mol. The molecule has 168 valence electrons. The molecule has 2 aliphatic rings. The van der Waals surface area contributed by atoms with Crippen LogP contribution in [0.5, 0.6) is 0 Å². The maximum absolute atomic E-state index is 13.2.